The van der Waals surface area contributed by atoms with E-state index in [0.717, 1.165) is 0 Å². The third-order valence-corrected chi connectivity index (χ3v) is 6.25. The minimum atomic E-state index is -4.00. The quantitative estimate of drug-likeness (QED) is 0.400. The molecule has 0 heterocycles. The first-order valence-corrected chi connectivity index (χ1v) is 10.3. The molecule has 0 spiro atoms. The Kier molecular flexibility index (Phi) is 6.05. The molecule has 3 aromatic rings. The van der Waals surface area contributed by atoms with Gasteiger partial charge in [0.1, 0.15) is 5.75 Å². The van der Waals surface area contributed by atoms with Crippen molar-refractivity contribution in [2.45, 2.75) is 11.4 Å². The fourth-order valence-electron chi connectivity index (χ4n) is 2.73. The van der Waals surface area contributed by atoms with Gasteiger partial charge in [0.05, 0.1) is 29.2 Å². The van der Waals surface area contributed by atoms with E-state index in [2.05, 4.69) is 0 Å². The van der Waals surface area contributed by atoms with Gasteiger partial charge in [-0.3, -0.25) is 14.4 Å². The smallest absolute Gasteiger partial charge is 0.269 e. The lowest BCUT2D eigenvalue weighted by molar-refractivity contribution is -0.384. The molecule has 0 aliphatic heterocycles. The summed E-state index contributed by atoms with van der Waals surface area (Å²) >= 11 is 5.95. The monoisotopic (exact) mass is 432 g/mol. The fourth-order valence-corrected chi connectivity index (χ4v) is 4.30. The number of non-ortho nitro benzene ring substituents is 1. The maximum Gasteiger partial charge on any atom is 0.269 e. The first kappa shape index (κ1) is 20.6. The number of hydrogen-bond acceptors (Lipinski definition) is 5. The summed E-state index contributed by atoms with van der Waals surface area (Å²) in [4.78, 5) is 10.2. The number of halogens is 1. The van der Waals surface area contributed by atoms with E-state index in [4.69, 9.17) is 16.3 Å². The van der Waals surface area contributed by atoms with Gasteiger partial charge in [0.2, 0.25) is 0 Å². The number of methoxy groups -OCH3 is 1. The number of hydrogen-bond donors (Lipinski definition) is 0. The maximum atomic E-state index is 13.3. The molecule has 0 aliphatic rings. The van der Waals surface area contributed by atoms with Crippen LogP contribution in [-0.2, 0) is 16.6 Å². The van der Waals surface area contributed by atoms with E-state index in [1.807, 2.05) is 0 Å². The molecule has 0 fully saturated rings. The van der Waals surface area contributed by atoms with Crippen LogP contribution in [-0.4, -0.2) is 20.5 Å². The van der Waals surface area contributed by atoms with Crippen LogP contribution in [0.1, 0.15) is 5.56 Å². The van der Waals surface area contributed by atoms with Crippen LogP contribution >= 0.6 is 11.6 Å². The lowest BCUT2D eigenvalue weighted by Crippen LogP contribution is -2.30. The molecule has 9 heteroatoms. The number of nitro groups is 1. The van der Waals surface area contributed by atoms with E-state index in [9.17, 15) is 18.5 Å². The lowest BCUT2D eigenvalue weighted by atomic mass is 10.2. The van der Waals surface area contributed by atoms with E-state index in [1.165, 1.54) is 35.7 Å². The molecular weight excluding hydrogens is 416 g/mol. The molecule has 29 heavy (non-hydrogen) atoms. The number of sulfonamides is 1. The Bertz CT molecular complexity index is 1120. The third kappa shape index (κ3) is 4.67. The molecule has 3 aromatic carbocycles. The summed E-state index contributed by atoms with van der Waals surface area (Å²) in [6.45, 7) is 0.0398. The number of nitro benzene ring substituents is 1. The molecule has 0 saturated heterocycles. The van der Waals surface area contributed by atoms with E-state index >= 15 is 0 Å². The van der Waals surface area contributed by atoms with Gasteiger partial charge in [-0.15, -0.1) is 0 Å². The Labute approximate surface area is 173 Å². The van der Waals surface area contributed by atoms with Crippen molar-refractivity contribution in [2.24, 2.45) is 0 Å². The summed E-state index contributed by atoms with van der Waals surface area (Å²) in [5, 5.41) is 11.3. The van der Waals surface area contributed by atoms with Crippen molar-refractivity contribution in [3.8, 4) is 5.75 Å². The van der Waals surface area contributed by atoms with Gasteiger partial charge in [-0.05, 0) is 54.1 Å². The lowest BCUT2D eigenvalue weighted by Gasteiger charge is -2.25. The average Bonchev–Trinajstić information content (AvgIpc) is 2.73. The SMILES string of the molecule is COc1cccc(CN(c2ccc(Cl)cc2)S(=O)(=O)c2ccc([N+](=O)[O-])cc2)c1. The molecule has 0 N–H and O–H groups in total. The molecule has 0 aromatic heterocycles. The Morgan fingerprint density at radius 2 is 1.69 bits per heavy atom. The minimum Gasteiger partial charge on any atom is -0.497 e. The van der Waals surface area contributed by atoms with Crippen molar-refractivity contribution in [2.75, 3.05) is 11.4 Å². The van der Waals surface area contributed by atoms with Crippen LogP contribution in [0, 0.1) is 10.1 Å². The number of anilines is 1. The molecule has 0 amide bonds. The second-order valence-electron chi connectivity index (χ2n) is 6.09. The molecule has 0 radical (unpaired) electrons. The first-order chi connectivity index (χ1) is 13.8. The predicted octanol–water partition coefficient (Wildman–Crippen LogP) is 4.65. The summed E-state index contributed by atoms with van der Waals surface area (Å²) in [5.74, 6) is 0.603. The highest BCUT2D eigenvalue weighted by Crippen LogP contribution is 2.29. The largest absolute Gasteiger partial charge is 0.497 e. The summed E-state index contributed by atoms with van der Waals surface area (Å²) in [5.41, 5.74) is 0.940. The highest BCUT2D eigenvalue weighted by Gasteiger charge is 2.26. The van der Waals surface area contributed by atoms with Crippen LogP contribution in [0.15, 0.2) is 77.7 Å². The van der Waals surface area contributed by atoms with E-state index in [1.54, 1.807) is 48.5 Å². The van der Waals surface area contributed by atoms with Gasteiger partial charge in [0.25, 0.3) is 15.7 Å². The number of nitrogens with zero attached hydrogens (tertiary/aromatic N) is 2. The molecule has 0 saturated carbocycles. The maximum absolute atomic E-state index is 13.3. The number of benzene rings is 3. The second-order valence-corrected chi connectivity index (χ2v) is 8.39. The van der Waals surface area contributed by atoms with E-state index < -0.39 is 14.9 Å². The standard InChI is InChI=1S/C20H17ClN2O5S/c1-28-19-4-2-3-15(13-19)14-22(17-7-5-16(21)6-8-17)29(26,27)20-11-9-18(10-12-20)23(24)25/h2-13H,14H2,1H3. The summed E-state index contributed by atoms with van der Waals surface area (Å²) in [7, 11) is -2.47. The topological polar surface area (TPSA) is 89.8 Å². The Balaban J connectivity index is 2.05. The van der Waals surface area contributed by atoms with E-state index in [0.29, 0.717) is 22.0 Å². The van der Waals surface area contributed by atoms with Crippen LogP contribution < -0.4 is 9.04 Å². The fraction of sp³-hybridized carbons (Fsp3) is 0.100. The molecule has 0 aliphatic carbocycles. The molecule has 0 atom stereocenters. The minimum absolute atomic E-state index is 0.0398. The van der Waals surface area contributed by atoms with Gasteiger partial charge >= 0.3 is 0 Å². The van der Waals surface area contributed by atoms with Gasteiger partial charge < -0.3 is 4.74 Å². The summed E-state index contributed by atoms with van der Waals surface area (Å²) in [6.07, 6.45) is 0. The molecule has 0 bridgehead atoms. The Morgan fingerprint density at radius 3 is 2.28 bits per heavy atom. The second kappa shape index (κ2) is 8.50. The van der Waals surface area contributed by atoms with Gasteiger partial charge in [-0.2, -0.15) is 0 Å². The predicted molar refractivity (Wildman–Crippen MR) is 111 cm³/mol. The van der Waals surface area contributed by atoms with Crippen molar-refractivity contribution in [1.29, 1.82) is 0 Å². The van der Waals surface area contributed by atoms with Crippen molar-refractivity contribution in [1.82, 2.24) is 0 Å². The zero-order chi connectivity index (χ0) is 21.0. The van der Waals surface area contributed by atoms with Crippen molar-refractivity contribution in [3.05, 3.63) is 93.5 Å². The number of rotatable bonds is 7. The van der Waals surface area contributed by atoms with Crippen molar-refractivity contribution >= 4 is 33.0 Å². The van der Waals surface area contributed by atoms with Crippen molar-refractivity contribution < 1.29 is 18.1 Å². The van der Waals surface area contributed by atoms with Crippen LogP contribution in [0.5, 0.6) is 5.75 Å². The Morgan fingerprint density at radius 1 is 1.03 bits per heavy atom. The van der Waals surface area contributed by atoms with Crippen LogP contribution in [0.2, 0.25) is 5.02 Å². The van der Waals surface area contributed by atoms with Gasteiger partial charge in [-0.25, -0.2) is 8.42 Å². The van der Waals surface area contributed by atoms with E-state index in [-0.39, 0.29) is 17.1 Å². The zero-order valence-electron chi connectivity index (χ0n) is 15.4. The molecular formula is C20H17ClN2O5S. The van der Waals surface area contributed by atoms with Crippen LogP contribution in [0.25, 0.3) is 0 Å². The van der Waals surface area contributed by atoms with Crippen LogP contribution in [0.4, 0.5) is 11.4 Å². The highest BCUT2D eigenvalue weighted by atomic mass is 35.5. The summed E-state index contributed by atoms with van der Waals surface area (Å²) < 4.78 is 33.1. The van der Waals surface area contributed by atoms with Gasteiger partial charge in [-0.1, -0.05) is 23.7 Å². The molecule has 3 rings (SSSR count). The van der Waals surface area contributed by atoms with Gasteiger partial charge in [0, 0.05) is 17.2 Å². The average molecular weight is 433 g/mol. The van der Waals surface area contributed by atoms with Gasteiger partial charge in [0.15, 0.2) is 0 Å². The zero-order valence-corrected chi connectivity index (χ0v) is 16.9. The Hall–Kier alpha value is -3.10. The molecule has 0 unspecified atom stereocenters. The highest BCUT2D eigenvalue weighted by molar-refractivity contribution is 7.92. The van der Waals surface area contributed by atoms with Crippen molar-refractivity contribution in [3.63, 3.8) is 0 Å². The first-order valence-electron chi connectivity index (χ1n) is 8.47. The number of ether oxygens (including phenoxy) is 1. The summed E-state index contributed by atoms with van der Waals surface area (Å²) in [6, 6.07) is 18.2. The molecule has 7 nitrogen and oxygen atoms in total. The normalized spacial score (nSPS) is 11.1. The van der Waals surface area contributed by atoms with Crippen LogP contribution in [0.3, 0.4) is 0 Å². The molecule has 150 valence electrons. The third-order valence-electron chi connectivity index (χ3n) is 4.21.